The van der Waals surface area contributed by atoms with E-state index >= 15 is 0 Å². The van der Waals surface area contributed by atoms with Crippen LogP contribution in [0, 0.1) is 0 Å². The molecule has 1 fully saturated rings. The molecule has 6 heteroatoms. The third-order valence-corrected chi connectivity index (χ3v) is 5.09. The van der Waals surface area contributed by atoms with E-state index in [2.05, 4.69) is 4.90 Å². The Morgan fingerprint density at radius 1 is 1.56 bits per heavy atom. The Morgan fingerprint density at radius 3 is 2.81 bits per heavy atom. The highest BCUT2D eigenvalue weighted by Crippen LogP contribution is 2.17. The average Bonchev–Trinajstić information content (AvgIpc) is 2.66. The third-order valence-electron chi connectivity index (χ3n) is 3.03. The molecular formula is C10H20N2O2S2. The second-order valence-corrected chi connectivity index (χ2v) is 7.13. The van der Waals surface area contributed by atoms with Crippen molar-refractivity contribution in [1.82, 2.24) is 4.90 Å². The molecule has 1 saturated heterocycles. The Bertz CT molecular complexity index is 341. The van der Waals surface area contributed by atoms with E-state index in [0.717, 1.165) is 25.9 Å². The molecule has 1 unspecified atom stereocenters. The van der Waals surface area contributed by atoms with E-state index in [1.54, 1.807) is 6.92 Å². The highest BCUT2D eigenvalue weighted by molar-refractivity contribution is 7.91. The lowest BCUT2D eigenvalue weighted by molar-refractivity contribution is 0.304. The molecular weight excluding hydrogens is 244 g/mol. The van der Waals surface area contributed by atoms with Crippen molar-refractivity contribution in [3.05, 3.63) is 0 Å². The van der Waals surface area contributed by atoms with Crippen LogP contribution >= 0.6 is 12.2 Å². The van der Waals surface area contributed by atoms with E-state index in [1.807, 2.05) is 0 Å². The van der Waals surface area contributed by atoms with Crippen molar-refractivity contribution in [2.24, 2.45) is 5.73 Å². The molecule has 1 heterocycles. The van der Waals surface area contributed by atoms with E-state index in [4.69, 9.17) is 18.0 Å². The summed E-state index contributed by atoms with van der Waals surface area (Å²) < 4.78 is 22.6. The summed E-state index contributed by atoms with van der Waals surface area (Å²) in [4.78, 5) is 2.74. The third kappa shape index (κ3) is 3.99. The summed E-state index contributed by atoms with van der Waals surface area (Å²) in [5.41, 5.74) is 5.64. The quantitative estimate of drug-likeness (QED) is 0.710. The molecule has 1 aliphatic rings. The minimum absolute atomic E-state index is 0.180. The average molecular weight is 264 g/mol. The second kappa shape index (κ2) is 5.93. The molecule has 1 aliphatic heterocycles. The molecule has 0 radical (unpaired) electrons. The standard InChI is InChI=1S/C10H20N2O2S2/c1-2-16(13,14)8-4-7-12-6-3-5-9(12)10(11)15/h9H,2-8H2,1H3,(H2,11,15). The van der Waals surface area contributed by atoms with Crippen LogP contribution in [-0.2, 0) is 9.84 Å². The summed E-state index contributed by atoms with van der Waals surface area (Å²) in [6.07, 6.45) is 2.79. The van der Waals surface area contributed by atoms with Gasteiger partial charge in [-0.1, -0.05) is 19.1 Å². The van der Waals surface area contributed by atoms with E-state index < -0.39 is 9.84 Å². The summed E-state index contributed by atoms with van der Waals surface area (Å²) in [6.45, 7) is 3.44. The van der Waals surface area contributed by atoms with Crippen LogP contribution in [-0.4, -0.2) is 48.9 Å². The van der Waals surface area contributed by atoms with Gasteiger partial charge in [-0.2, -0.15) is 0 Å². The Morgan fingerprint density at radius 2 is 2.25 bits per heavy atom. The Balaban J connectivity index is 2.35. The number of nitrogens with zero attached hydrogens (tertiary/aromatic N) is 1. The molecule has 0 saturated carbocycles. The van der Waals surface area contributed by atoms with Crippen molar-refractivity contribution in [2.45, 2.75) is 32.2 Å². The molecule has 0 bridgehead atoms. The highest BCUT2D eigenvalue weighted by atomic mass is 32.2. The number of hydrogen-bond donors (Lipinski definition) is 1. The first-order chi connectivity index (χ1) is 7.46. The fourth-order valence-corrected chi connectivity index (χ4v) is 3.17. The molecule has 94 valence electrons. The Labute approximate surface area is 103 Å². The van der Waals surface area contributed by atoms with Gasteiger partial charge in [-0.3, -0.25) is 4.90 Å². The SMILES string of the molecule is CCS(=O)(=O)CCCN1CCCC1C(N)=S. The zero-order valence-electron chi connectivity index (χ0n) is 9.68. The lowest BCUT2D eigenvalue weighted by Crippen LogP contribution is -2.40. The van der Waals surface area contributed by atoms with Gasteiger partial charge in [0, 0.05) is 5.75 Å². The van der Waals surface area contributed by atoms with E-state index in [1.165, 1.54) is 0 Å². The van der Waals surface area contributed by atoms with E-state index in [0.29, 0.717) is 11.4 Å². The van der Waals surface area contributed by atoms with Crippen LogP contribution in [0.15, 0.2) is 0 Å². The van der Waals surface area contributed by atoms with E-state index in [9.17, 15) is 8.42 Å². The minimum atomic E-state index is -2.84. The number of sulfone groups is 1. The summed E-state index contributed by atoms with van der Waals surface area (Å²) in [7, 11) is -2.84. The van der Waals surface area contributed by atoms with Gasteiger partial charge < -0.3 is 5.73 Å². The fourth-order valence-electron chi connectivity index (χ4n) is 2.05. The topological polar surface area (TPSA) is 63.4 Å². The summed E-state index contributed by atoms with van der Waals surface area (Å²) >= 11 is 5.00. The van der Waals surface area contributed by atoms with Crippen molar-refractivity contribution in [3.8, 4) is 0 Å². The van der Waals surface area contributed by atoms with Crippen LogP contribution in [0.1, 0.15) is 26.2 Å². The Hall–Kier alpha value is -0.200. The van der Waals surface area contributed by atoms with Gasteiger partial charge in [0.2, 0.25) is 0 Å². The molecule has 16 heavy (non-hydrogen) atoms. The van der Waals surface area contributed by atoms with Crippen LogP contribution in [0.5, 0.6) is 0 Å². The monoisotopic (exact) mass is 264 g/mol. The summed E-state index contributed by atoms with van der Waals surface area (Å²) in [6, 6.07) is 0.180. The zero-order valence-corrected chi connectivity index (χ0v) is 11.3. The summed E-state index contributed by atoms with van der Waals surface area (Å²) in [5, 5.41) is 0. The molecule has 0 spiro atoms. The van der Waals surface area contributed by atoms with Gasteiger partial charge in [0.05, 0.1) is 16.8 Å². The van der Waals surface area contributed by atoms with Gasteiger partial charge in [0.15, 0.2) is 0 Å². The molecule has 0 aromatic rings. The first-order valence-electron chi connectivity index (χ1n) is 5.70. The zero-order chi connectivity index (χ0) is 12.2. The second-order valence-electron chi connectivity index (χ2n) is 4.19. The molecule has 0 aromatic heterocycles. The van der Waals surface area contributed by atoms with Gasteiger partial charge in [-0.05, 0) is 32.4 Å². The van der Waals surface area contributed by atoms with Crippen LogP contribution in [0.25, 0.3) is 0 Å². The molecule has 1 rings (SSSR count). The number of nitrogens with two attached hydrogens (primary N) is 1. The fraction of sp³-hybridized carbons (Fsp3) is 0.900. The number of rotatable bonds is 6. The molecule has 2 N–H and O–H groups in total. The lowest BCUT2D eigenvalue weighted by Gasteiger charge is -2.23. The van der Waals surface area contributed by atoms with Crippen molar-refractivity contribution < 1.29 is 8.42 Å². The van der Waals surface area contributed by atoms with Crippen molar-refractivity contribution in [3.63, 3.8) is 0 Å². The van der Waals surface area contributed by atoms with Crippen molar-refractivity contribution in [2.75, 3.05) is 24.6 Å². The maximum absolute atomic E-state index is 11.3. The maximum atomic E-state index is 11.3. The van der Waals surface area contributed by atoms with Crippen molar-refractivity contribution >= 4 is 27.0 Å². The first-order valence-corrected chi connectivity index (χ1v) is 7.93. The molecule has 0 amide bonds. The minimum Gasteiger partial charge on any atom is -0.392 e. The number of hydrogen-bond acceptors (Lipinski definition) is 4. The van der Waals surface area contributed by atoms with Gasteiger partial charge in [-0.15, -0.1) is 0 Å². The maximum Gasteiger partial charge on any atom is 0.150 e. The lowest BCUT2D eigenvalue weighted by atomic mass is 10.2. The van der Waals surface area contributed by atoms with Gasteiger partial charge in [0.25, 0.3) is 0 Å². The number of likely N-dealkylation sites (tertiary alicyclic amines) is 1. The smallest absolute Gasteiger partial charge is 0.150 e. The predicted molar refractivity (Wildman–Crippen MR) is 70.3 cm³/mol. The molecule has 4 nitrogen and oxygen atoms in total. The van der Waals surface area contributed by atoms with Crippen LogP contribution in [0.4, 0.5) is 0 Å². The summed E-state index contributed by atoms with van der Waals surface area (Å²) in [5.74, 6) is 0.496. The van der Waals surface area contributed by atoms with Crippen molar-refractivity contribution in [1.29, 1.82) is 0 Å². The van der Waals surface area contributed by atoms with Gasteiger partial charge in [0.1, 0.15) is 9.84 Å². The van der Waals surface area contributed by atoms with Gasteiger partial charge in [-0.25, -0.2) is 8.42 Å². The normalized spacial score (nSPS) is 22.4. The highest BCUT2D eigenvalue weighted by Gasteiger charge is 2.26. The molecule has 1 atom stereocenters. The predicted octanol–water partition coefficient (Wildman–Crippen LogP) is 0.562. The van der Waals surface area contributed by atoms with Crippen LogP contribution < -0.4 is 5.73 Å². The van der Waals surface area contributed by atoms with Gasteiger partial charge >= 0.3 is 0 Å². The molecule has 0 aromatic carbocycles. The van der Waals surface area contributed by atoms with Crippen LogP contribution in [0.2, 0.25) is 0 Å². The van der Waals surface area contributed by atoms with Crippen LogP contribution in [0.3, 0.4) is 0 Å². The largest absolute Gasteiger partial charge is 0.392 e. The number of thiocarbonyl (C=S) groups is 1. The van der Waals surface area contributed by atoms with E-state index in [-0.39, 0.29) is 17.5 Å². The Kier molecular flexibility index (Phi) is 5.14. The first kappa shape index (κ1) is 13.9. The molecule has 0 aliphatic carbocycles.